The Bertz CT molecular complexity index is 1100. The van der Waals surface area contributed by atoms with Crippen LogP contribution in [0.25, 0.3) is 10.9 Å². The summed E-state index contributed by atoms with van der Waals surface area (Å²) in [7, 11) is 4.22. The summed E-state index contributed by atoms with van der Waals surface area (Å²) in [5.41, 5.74) is 3.98. The molecule has 0 saturated carbocycles. The van der Waals surface area contributed by atoms with Crippen molar-refractivity contribution in [1.29, 1.82) is 0 Å². The molecule has 1 amide bonds. The first-order valence-electron chi connectivity index (χ1n) is 12.3. The first kappa shape index (κ1) is 25.0. The van der Waals surface area contributed by atoms with Crippen LogP contribution in [0.1, 0.15) is 37.3 Å². The van der Waals surface area contributed by atoms with Crippen molar-refractivity contribution in [3.63, 3.8) is 0 Å². The molecule has 1 aromatic heterocycles. The van der Waals surface area contributed by atoms with Crippen LogP contribution in [-0.2, 0) is 37.3 Å². The van der Waals surface area contributed by atoms with E-state index in [0.29, 0.717) is 18.5 Å². The van der Waals surface area contributed by atoms with Crippen molar-refractivity contribution in [2.45, 2.75) is 38.6 Å². The zero-order valence-electron chi connectivity index (χ0n) is 21.0. The topological polar surface area (TPSA) is 90.3 Å². The second-order valence-corrected chi connectivity index (χ2v) is 9.47. The SMILES string of the molecule is CCOC(=O)COC(=O)N(CC(=O)OCC)C[C@@H]1C[C@@H]2c3cccc4c3c(cn4C)C[C@@H]2N(C)C1. The summed E-state index contributed by atoms with van der Waals surface area (Å²) in [4.78, 5) is 40.4. The van der Waals surface area contributed by atoms with E-state index in [-0.39, 0.29) is 25.7 Å². The second-order valence-electron chi connectivity index (χ2n) is 9.47. The summed E-state index contributed by atoms with van der Waals surface area (Å²) in [5.74, 6) is -0.659. The summed E-state index contributed by atoms with van der Waals surface area (Å²) in [6, 6.07) is 6.89. The number of amides is 1. The smallest absolute Gasteiger partial charge is 0.410 e. The maximum atomic E-state index is 12.8. The predicted octanol–water partition coefficient (Wildman–Crippen LogP) is 2.70. The number of fused-ring (bicyclic) bond motifs is 2. The molecule has 190 valence electrons. The number of aromatic nitrogens is 1. The molecule has 1 aromatic carbocycles. The Kier molecular flexibility index (Phi) is 7.64. The van der Waals surface area contributed by atoms with Gasteiger partial charge in [0.05, 0.1) is 13.2 Å². The highest BCUT2D eigenvalue weighted by molar-refractivity contribution is 5.89. The molecule has 2 aromatic rings. The molecule has 0 bridgehead atoms. The van der Waals surface area contributed by atoms with E-state index in [2.05, 4.69) is 48.0 Å². The first-order chi connectivity index (χ1) is 16.8. The second kappa shape index (κ2) is 10.7. The van der Waals surface area contributed by atoms with E-state index < -0.39 is 24.6 Å². The number of rotatable bonds is 8. The van der Waals surface area contributed by atoms with Crippen LogP contribution in [0, 0.1) is 5.92 Å². The average Bonchev–Trinajstić information content (AvgIpc) is 3.14. The van der Waals surface area contributed by atoms with Gasteiger partial charge in [0.15, 0.2) is 6.61 Å². The number of esters is 2. The van der Waals surface area contributed by atoms with E-state index in [1.54, 1.807) is 13.8 Å². The lowest BCUT2D eigenvalue weighted by molar-refractivity contribution is -0.147. The monoisotopic (exact) mass is 485 g/mol. The van der Waals surface area contributed by atoms with Crippen molar-refractivity contribution >= 4 is 28.9 Å². The summed E-state index contributed by atoms with van der Waals surface area (Å²) >= 11 is 0. The Morgan fingerprint density at radius 2 is 1.80 bits per heavy atom. The van der Waals surface area contributed by atoms with Crippen LogP contribution >= 0.6 is 0 Å². The highest BCUT2D eigenvalue weighted by Gasteiger charge is 2.40. The minimum atomic E-state index is -0.716. The van der Waals surface area contributed by atoms with Gasteiger partial charge in [0.25, 0.3) is 0 Å². The van der Waals surface area contributed by atoms with E-state index in [4.69, 9.17) is 14.2 Å². The fourth-order valence-electron chi connectivity index (χ4n) is 5.76. The molecule has 0 radical (unpaired) electrons. The number of carbonyl (C=O) groups excluding carboxylic acids is 3. The third kappa shape index (κ3) is 5.29. The van der Waals surface area contributed by atoms with Gasteiger partial charge in [-0.3, -0.25) is 9.69 Å². The quantitative estimate of drug-likeness (QED) is 0.419. The molecule has 9 nitrogen and oxygen atoms in total. The minimum Gasteiger partial charge on any atom is -0.465 e. The van der Waals surface area contributed by atoms with Crippen molar-refractivity contribution in [2.24, 2.45) is 13.0 Å². The number of ether oxygens (including phenoxy) is 3. The number of benzene rings is 1. The summed E-state index contributed by atoms with van der Waals surface area (Å²) in [6.45, 7) is 4.26. The predicted molar refractivity (Wildman–Crippen MR) is 130 cm³/mol. The maximum Gasteiger partial charge on any atom is 0.410 e. The number of piperidine rings is 1. The third-order valence-electron chi connectivity index (χ3n) is 7.10. The van der Waals surface area contributed by atoms with E-state index in [1.807, 2.05) is 0 Å². The maximum absolute atomic E-state index is 12.8. The van der Waals surface area contributed by atoms with Crippen LogP contribution in [0.3, 0.4) is 0 Å². The largest absolute Gasteiger partial charge is 0.465 e. The molecule has 1 aliphatic heterocycles. The van der Waals surface area contributed by atoms with Gasteiger partial charge in [-0.2, -0.15) is 0 Å². The Hall–Kier alpha value is -3.07. The van der Waals surface area contributed by atoms with E-state index >= 15 is 0 Å². The van der Waals surface area contributed by atoms with Crippen molar-refractivity contribution in [1.82, 2.24) is 14.4 Å². The highest BCUT2D eigenvalue weighted by atomic mass is 16.6. The van der Waals surface area contributed by atoms with Crippen LogP contribution < -0.4 is 0 Å². The number of hydrogen-bond acceptors (Lipinski definition) is 7. The summed E-state index contributed by atoms with van der Waals surface area (Å²) in [5, 5.41) is 1.35. The van der Waals surface area contributed by atoms with Gasteiger partial charge >= 0.3 is 18.0 Å². The van der Waals surface area contributed by atoms with Gasteiger partial charge in [0.1, 0.15) is 6.54 Å². The Labute approximate surface area is 205 Å². The van der Waals surface area contributed by atoms with Gasteiger partial charge in [-0.1, -0.05) is 12.1 Å². The lowest BCUT2D eigenvalue weighted by atomic mass is 9.72. The normalized spacial score (nSPS) is 21.3. The van der Waals surface area contributed by atoms with Crippen LogP contribution in [-0.4, -0.2) is 84.9 Å². The fraction of sp³-hybridized carbons (Fsp3) is 0.577. The van der Waals surface area contributed by atoms with Gasteiger partial charge in [-0.25, -0.2) is 9.59 Å². The molecular formula is C26H35N3O6. The van der Waals surface area contributed by atoms with Crippen molar-refractivity contribution in [2.75, 3.05) is 46.5 Å². The molecule has 3 atom stereocenters. The Morgan fingerprint density at radius 3 is 2.54 bits per heavy atom. The molecule has 4 rings (SSSR count). The van der Waals surface area contributed by atoms with E-state index in [9.17, 15) is 14.4 Å². The fourth-order valence-corrected chi connectivity index (χ4v) is 5.76. The van der Waals surface area contributed by atoms with Crippen molar-refractivity contribution in [3.05, 3.63) is 35.5 Å². The molecule has 2 heterocycles. The molecule has 0 unspecified atom stereocenters. The van der Waals surface area contributed by atoms with E-state index in [1.165, 1.54) is 26.9 Å². The molecule has 35 heavy (non-hydrogen) atoms. The van der Waals surface area contributed by atoms with Crippen molar-refractivity contribution < 1.29 is 28.6 Å². The average molecular weight is 486 g/mol. The number of nitrogens with zero attached hydrogens (tertiary/aromatic N) is 3. The Morgan fingerprint density at radius 1 is 1.06 bits per heavy atom. The summed E-state index contributed by atoms with van der Waals surface area (Å²) < 4.78 is 17.3. The molecule has 0 spiro atoms. The number of likely N-dealkylation sites (N-methyl/N-ethyl adjacent to an activating group) is 1. The van der Waals surface area contributed by atoms with Gasteiger partial charge in [-0.15, -0.1) is 0 Å². The summed E-state index contributed by atoms with van der Waals surface area (Å²) in [6.07, 6.45) is 3.42. The van der Waals surface area contributed by atoms with Gasteiger partial charge in [0.2, 0.25) is 0 Å². The molecule has 1 aliphatic carbocycles. The lowest BCUT2D eigenvalue weighted by Crippen LogP contribution is -2.51. The lowest BCUT2D eigenvalue weighted by Gasteiger charge is -2.46. The number of hydrogen-bond donors (Lipinski definition) is 0. The van der Waals surface area contributed by atoms with Crippen molar-refractivity contribution in [3.8, 4) is 0 Å². The number of aryl methyl sites for hydroxylation is 1. The molecule has 0 N–H and O–H groups in total. The number of likely N-dealkylation sites (tertiary alicyclic amines) is 1. The molecule has 9 heteroatoms. The molecule has 2 aliphatic rings. The minimum absolute atomic E-state index is 0.131. The Balaban J connectivity index is 1.51. The third-order valence-corrected chi connectivity index (χ3v) is 7.10. The van der Waals surface area contributed by atoms with Crippen LogP contribution in [0.15, 0.2) is 24.4 Å². The van der Waals surface area contributed by atoms with Gasteiger partial charge in [0, 0.05) is 49.2 Å². The first-order valence-corrected chi connectivity index (χ1v) is 12.3. The molecule has 1 fully saturated rings. The zero-order valence-corrected chi connectivity index (χ0v) is 21.0. The van der Waals surface area contributed by atoms with E-state index in [0.717, 1.165) is 19.4 Å². The molecule has 1 saturated heterocycles. The zero-order chi connectivity index (χ0) is 25.1. The van der Waals surface area contributed by atoms with Gasteiger partial charge in [-0.05, 0) is 56.8 Å². The van der Waals surface area contributed by atoms with Crippen LogP contribution in [0.2, 0.25) is 0 Å². The number of carbonyl (C=O) groups is 3. The highest BCUT2D eigenvalue weighted by Crippen LogP contribution is 2.44. The van der Waals surface area contributed by atoms with Gasteiger partial charge < -0.3 is 23.7 Å². The van der Waals surface area contributed by atoms with Crippen LogP contribution in [0.5, 0.6) is 0 Å². The van der Waals surface area contributed by atoms with Crippen LogP contribution in [0.4, 0.5) is 4.79 Å². The molecular weight excluding hydrogens is 450 g/mol. The standard InChI is InChI=1S/C26H35N3O6/c1-5-33-23(30)15-29(26(32)35-16-24(31)34-6-2)13-17-10-20-19-8-7-9-21-25(19)18(14-28(21)4)11-22(20)27(3)12-17/h7-9,14,17,20,22H,5-6,10-13,15-16H2,1-4H3/t17-,20-,22+/m1/s1.